The molecule has 1 amide bonds. The highest BCUT2D eigenvalue weighted by Crippen LogP contribution is 2.24. The molecule has 1 aromatic carbocycles. The van der Waals surface area contributed by atoms with Crippen LogP contribution in [0.15, 0.2) is 29.2 Å². The Hall–Kier alpha value is -1.15. The van der Waals surface area contributed by atoms with Crippen LogP contribution in [0, 0.1) is 0 Å². The van der Waals surface area contributed by atoms with Gasteiger partial charge in [-0.25, -0.2) is 8.42 Å². The molecule has 23 heavy (non-hydrogen) atoms. The van der Waals surface area contributed by atoms with Gasteiger partial charge in [0.05, 0.1) is 4.90 Å². The third-order valence-electron chi connectivity index (χ3n) is 4.19. The van der Waals surface area contributed by atoms with Gasteiger partial charge in [0, 0.05) is 44.3 Å². The van der Waals surface area contributed by atoms with E-state index in [4.69, 9.17) is 0 Å². The number of carbonyl (C=O) groups is 1. The van der Waals surface area contributed by atoms with Gasteiger partial charge < -0.3 is 10.2 Å². The van der Waals surface area contributed by atoms with Crippen LogP contribution in [-0.4, -0.2) is 50.9 Å². The van der Waals surface area contributed by atoms with Crippen LogP contribution in [0.3, 0.4) is 0 Å². The number of halogens is 1. The van der Waals surface area contributed by atoms with E-state index in [1.165, 1.54) is 4.31 Å². The average molecular weight is 360 g/mol. The van der Waals surface area contributed by atoms with Gasteiger partial charge in [-0.2, -0.15) is 4.31 Å². The van der Waals surface area contributed by atoms with Gasteiger partial charge in [-0.1, -0.05) is 0 Å². The van der Waals surface area contributed by atoms with Crippen molar-refractivity contribution in [2.75, 3.05) is 31.1 Å². The van der Waals surface area contributed by atoms with Crippen LogP contribution in [0.1, 0.15) is 19.8 Å². The van der Waals surface area contributed by atoms with Gasteiger partial charge >= 0.3 is 0 Å². The molecule has 2 fully saturated rings. The molecule has 0 aromatic heterocycles. The molecule has 2 saturated heterocycles. The van der Waals surface area contributed by atoms with Crippen molar-refractivity contribution in [3.05, 3.63) is 24.3 Å². The number of hydrogen-bond donors (Lipinski definition) is 1. The lowest BCUT2D eigenvalue weighted by molar-refractivity contribution is -0.117. The molecule has 2 aliphatic heterocycles. The lowest BCUT2D eigenvalue weighted by atomic mass is 10.3. The molecule has 2 aliphatic rings. The maximum Gasteiger partial charge on any atom is 0.243 e. The number of amides is 1. The fourth-order valence-corrected chi connectivity index (χ4v) is 4.51. The first-order chi connectivity index (χ1) is 10.5. The molecule has 8 heteroatoms. The summed E-state index contributed by atoms with van der Waals surface area (Å²) in [5, 5.41) is 3.24. The van der Waals surface area contributed by atoms with Crippen LogP contribution < -0.4 is 10.2 Å². The van der Waals surface area contributed by atoms with E-state index in [2.05, 4.69) is 5.32 Å². The second-order valence-electron chi connectivity index (χ2n) is 5.86. The number of piperazine rings is 1. The lowest BCUT2D eigenvalue weighted by Gasteiger charge is -2.31. The minimum Gasteiger partial charge on any atom is -0.312 e. The number of carbonyl (C=O) groups excluding carboxylic acids is 1. The van der Waals surface area contributed by atoms with Crippen molar-refractivity contribution in [3.63, 3.8) is 0 Å². The first-order valence-corrected chi connectivity index (χ1v) is 9.06. The minimum atomic E-state index is -3.46. The molecular formula is C15H22ClN3O3S. The normalized spacial score (nSPS) is 22.9. The van der Waals surface area contributed by atoms with Gasteiger partial charge in [0.1, 0.15) is 0 Å². The number of nitrogens with one attached hydrogen (secondary N) is 1. The van der Waals surface area contributed by atoms with Gasteiger partial charge in [-0.05, 0) is 37.6 Å². The molecule has 1 N–H and O–H groups in total. The Balaban J connectivity index is 0.00000192. The molecule has 1 unspecified atom stereocenters. The van der Waals surface area contributed by atoms with Crippen LogP contribution in [-0.2, 0) is 14.8 Å². The Morgan fingerprint density at radius 3 is 2.43 bits per heavy atom. The van der Waals surface area contributed by atoms with Crippen molar-refractivity contribution in [2.45, 2.75) is 30.7 Å². The van der Waals surface area contributed by atoms with E-state index in [1.807, 2.05) is 6.92 Å². The maximum absolute atomic E-state index is 12.6. The molecule has 128 valence electrons. The van der Waals surface area contributed by atoms with Crippen LogP contribution in [0.4, 0.5) is 5.69 Å². The molecule has 1 atom stereocenters. The number of benzene rings is 1. The van der Waals surface area contributed by atoms with Gasteiger partial charge in [-0.3, -0.25) is 4.79 Å². The van der Waals surface area contributed by atoms with E-state index in [9.17, 15) is 13.2 Å². The molecule has 0 radical (unpaired) electrons. The van der Waals surface area contributed by atoms with Gasteiger partial charge in [0.15, 0.2) is 0 Å². The van der Waals surface area contributed by atoms with E-state index in [0.717, 1.165) is 12.1 Å². The summed E-state index contributed by atoms with van der Waals surface area (Å²) in [7, 11) is -3.46. The number of anilines is 1. The van der Waals surface area contributed by atoms with Crippen molar-refractivity contribution < 1.29 is 13.2 Å². The Bertz CT molecular complexity index is 663. The smallest absolute Gasteiger partial charge is 0.243 e. The Labute approximate surface area is 143 Å². The summed E-state index contributed by atoms with van der Waals surface area (Å²) < 4.78 is 26.8. The predicted molar refractivity (Wildman–Crippen MR) is 91.5 cm³/mol. The minimum absolute atomic E-state index is 0. The van der Waals surface area contributed by atoms with Crippen molar-refractivity contribution >= 4 is 34.0 Å². The molecule has 3 rings (SSSR count). The molecule has 0 spiro atoms. The Kier molecular flexibility index (Phi) is 5.67. The maximum atomic E-state index is 12.6. The average Bonchev–Trinajstić information content (AvgIpc) is 2.93. The van der Waals surface area contributed by atoms with Crippen molar-refractivity contribution in [1.29, 1.82) is 0 Å². The van der Waals surface area contributed by atoms with Crippen molar-refractivity contribution in [3.8, 4) is 0 Å². The third kappa shape index (κ3) is 3.68. The molecule has 2 heterocycles. The highest BCUT2D eigenvalue weighted by molar-refractivity contribution is 7.89. The zero-order chi connectivity index (χ0) is 15.7. The molecule has 0 saturated carbocycles. The quantitative estimate of drug-likeness (QED) is 0.881. The first kappa shape index (κ1) is 18.2. The summed E-state index contributed by atoms with van der Waals surface area (Å²) in [6.45, 7) is 4.32. The second-order valence-corrected chi connectivity index (χ2v) is 7.80. The van der Waals surface area contributed by atoms with E-state index >= 15 is 0 Å². The van der Waals surface area contributed by atoms with Crippen molar-refractivity contribution in [1.82, 2.24) is 9.62 Å². The van der Waals surface area contributed by atoms with Crippen LogP contribution in [0.25, 0.3) is 0 Å². The summed E-state index contributed by atoms with van der Waals surface area (Å²) in [4.78, 5) is 13.7. The van der Waals surface area contributed by atoms with Crippen LogP contribution in [0.2, 0.25) is 0 Å². The SMILES string of the molecule is CC1CN(S(=O)(=O)c2ccc(N3CCCC3=O)cc2)CCN1.Cl. The highest BCUT2D eigenvalue weighted by Gasteiger charge is 2.29. The molecule has 1 aromatic rings. The second kappa shape index (κ2) is 7.17. The zero-order valence-corrected chi connectivity index (χ0v) is 14.7. The van der Waals surface area contributed by atoms with Crippen molar-refractivity contribution in [2.24, 2.45) is 0 Å². The number of hydrogen-bond acceptors (Lipinski definition) is 4. The molecule has 6 nitrogen and oxygen atoms in total. The lowest BCUT2D eigenvalue weighted by Crippen LogP contribution is -2.51. The van der Waals surface area contributed by atoms with E-state index < -0.39 is 10.0 Å². The van der Waals surface area contributed by atoms with Crippen LogP contribution >= 0.6 is 12.4 Å². The van der Waals surface area contributed by atoms with Gasteiger partial charge in [-0.15, -0.1) is 12.4 Å². The summed E-state index contributed by atoms with van der Waals surface area (Å²) in [5.41, 5.74) is 0.773. The molecule has 0 bridgehead atoms. The molecular weight excluding hydrogens is 338 g/mol. The Morgan fingerprint density at radius 2 is 1.87 bits per heavy atom. The predicted octanol–water partition coefficient (Wildman–Crippen LogP) is 1.22. The molecule has 0 aliphatic carbocycles. The summed E-state index contributed by atoms with van der Waals surface area (Å²) in [5.74, 6) is 0.103. The highest BCUT2D eigenvalue weighted by atomic mass is 35.5. The Morgan fingerprint density at radius 1 is 1.17 bits per heavy atom. The van der Waals surface area contributed by atoms with E-state index in [-0.39, 0.29) is 29.3 Å². The zero-order valence-electron chi connectivity index (χ0n) is 13.1. The van der Waals surface area contributed by atoms with Gasteiger partial charge in [0.25, 0.3) is 0 Å². The summed E-state index contributed by atoms with van der Waals surface area (Å²) in [6, 6.07) is 6.81. The number of sulfonamides is 1. The summed E-state index contributed by atoms with van der Waals surface area (Å²) >= 11 is 0. The van der Waals surface area contributed by atoms with E-state index in [0.29, 0.717) is 32.6 Å². The standard InChI is InChI=1S/C15H21N3O3S.ClH/c1-12-11-17(10-8-16-12)22(20,21)14-6-4-13(5-7-14)18-9-2-3-15(18)19;/h4-7,12,16H,2-3,8-11H2,1H3;1H. The van der Waals surface area contributed by atoms with Gasteiger partial charge in [0.2, 0.25) is 15.9 Å². The first-order valence-electron chi connectivity index (χ1n) is 7.62. The third-order valence-corrected chi connectivity index (χ3v) is 6.07. The largest absolute Gasteiger partial charge is 0.312 e. The fourth-order valence-electron chi connectivity index (χ4n) is 2.98. The number of rotatable bonds is 3. The topological polar surface area (TPSA) is 69.7 Å². The summed E-state index contributed by atoms with van der Waals surface area (Å²) in [6.07, 6.45) is 1.43. The monoisotopic (exact) mass is 359 g/mol. The number of nitrogens with zero attached hydrogens (tertiary/aromatic N) is 2. The fraction of sp³-hybridized carbons (Fsp3) is 0.533. The van der Waals surface area contributed by atoms with E-state index in [1.54, 1.807) is 29.2 Å². The van der Waals surface area contributed by atoms with Crippen LogP contribution in [0.5, 0.6) is 0 Å².